The van der Waals surface area contributed by atoms with Crippen LogP contribution < -0.4 is 0 Å². The van der Waals surface area contributed by atoms with E-state index in [1.54, 1.807) is 0 Å². The van der Waals surface area contributed by atoms with Crippen molar-refractivity contribution in [2.45, 2.75) is 5.03 Å². The average molecular weight is 233 g/mol. The summed E-state index contributed by atoms with van der Waals surface area (Å²) in [7, 11) is -1.09. The lowest BCUT2D eigenvalue weighted by molar-refractivity contribution is -0.137. The minimum Gasteiger partial charge on any atom is -0.480 e. The number of aromatic nitrogens is 2. The van der Waals surface area contributed by atoms with E-state index >= 15 is 0 Å². The fraction of sp³-hybridized carbons (Fsp3) is 0.429. The number of carboxylic acids is 1. The van der Waals surface area contributed by atoms with Crippen molar-refractivity contribution in [1.29, 1.82) is 0 Å². The first-order valence-corrected chi connectivity index (χ1v) is 5.46. The molecule has 0 unspecified atom stereocenters. The van der Waals surface area contributed by atoms with E-state index in [4.69, 9.17) is 5.11 Å². The van der Waals surface area contributed by atoms with Gasteiger partial charge in [-0.05, 0) is 6.07 Å². The zero-order chi connectivity index (χ0) is 11.6. The summed E-state index contributed by atoms with van der Waals surface area (Å²) >= 11 is 0. The fourth-order valence-corrected chi connectivity index (χ4v) is 2.26. The molecule has 0 radical (unpaired) electrons. The van der Waals surface area contributed by atoms with Crippen LogP contribution in [0.5, 0.6) is 0 Å². The molecule has 1 rings (SSSR count). The predicted octanol–water partition coefficient (Wildman–Crippen LogP) is -0.875. The lowest BCUT2D eigenvalue weighted by Gasteiger charge is -2.14. The van der Waals surface area contributed by atoms with Crippen molar-refractivity contribution in [2.75, 3.05) is 13.6 Å². The monoisotopic (exact) mass is 233 g/mol. The summed E-state index contributed by atoms with van der Waals surface area (Å²) in [6.07, 6.45) is 1.33. The fourth-order valence-electron chi connectivity index (χ4n) is 1.05. The summed E-state index contributed by atoms with van der Waals surface area (Å²) in [5.41, 5.74) is 0. The van der Waals surface area contributed by atoms with Crippen molar-refractivity contribution in [3.05, 3.63) is 12.3 Å². The molecule has 1 aromatic rings. The van der Waals surface area contributed by atoms with Gasteiger partial charge in [0.15, 0.2) is 5.03 Å². The summed E-state index contributed by atoms with van der Waals surface area (Å²) in [6.45, 7) is -0.576. The highest BCUT2D eigenvalue weighted by atomic mass is 32.2. The molecule has 1 aromatic heterocycles. The van der Waals surface area contributed by atoms with Gasteiger partial charge in [0.25, 0.3) is 10.0 Å². The van der Waals surface area contributed by atoms with Crippen LogP contribution >= 0.6 is 0 Å². The Morgan fingerprint density at radius 1 is 1.67 bits per heavy atom. The second-order valence-corrected chi connectivity index (χ2v) is 4.94. The van der Waals surface area contributed by atoms with Crippen LogP contribution in [0, 0.1) is 0 Å². The van der Waals surface area contributed by atoms with E-state index in [1.807, 2.05) is 0 Å². The maximum absolute atomic E-state index is 11.8. The molecule has 0 aromatic carbocycles. The van der Waals surface area contributed by atoms with Gasteiger partial charge in [-0.2, -0.15) is 9.40 Å². The number of hydrogen-bond acceptors (Lipinski definition) is 4. The second-order valence-electron chi connectivity index (χ2n) is 2.95. The third-order valence-electron chi connectivity index (χ3n) is 1.81. The number of rotatable bonds is 4. The van der Waals surface area contributed by atoms with Crippen molar-refractivity contribution in [2.24, 2.45) is 7.05 Å². The summed E-state index contributed by atoms with van der Waals surface area (Å²) in [5.74, 6) is -1.21. The molecule has 0 amide bonds. The largest absolute Gasteiger partial charge is 0.480 e. The summed E-state index contributed by atoms with van der Waals surface area (Å²) in [6, 6.07) is 1.31. The first kappa shape index (κ1) is 11.7. The molecule has 0 saturated carbocycles. The van der Waals surface area contributed by atoms with Crippen LogP contribution in [0.15, 0.2) is 17.3 Å². The maximum atomic E-state index is 11.8. The number of aryl methyl sites for hydroxylation is 1. The van der Waals surface area contributed by atoms with Gasteiger partial charge in [0.05, 0.1) is 6.20 Å². The third-order valence-corrected chi connectivity index (χ3v) is 3.69. The quantitative estimate of drug-likeness (QED) is 0.729. The summed E-state index contributed by atoms with van der Waals surface area (Å²) in [4.78, 5) is 10.4. The molecule has 0 bridgehead atoms. The van der Waals surface area contributed by atoms with Crippen molar-refractivity contribution in [1.82, 2.24) is 14.1 Å². The molecule has 84 valence electrons. The molecule has 0 fully saturated rings. The van der Waals surface area contributed by atoms with Gasteiger partial charge in [-0.3, -0.25) is 9.48 Å². The van der Waals surface area contributed by atoms with Gasteiger partial charge in [0, 0.05) is 14.1 Å². The van der Waals surface area contributed by atoms with E-state index in [2.05, 4.69) is 5.10 Å². The second kappa shape index (κ2) is 3.99. The van der Waals surface area contributed by atoms with Crippen molar-refractivity contribution < 1.29 is 18.3 Å². The first-order chi connectivity index (χ1) is 6.85. The minimum atomic E-state index is -3.77. The van der Waals surface area contributed by atoms with E-state index in [9.17, 15) is 13.2 Å². The van der Waals surface area contributed by atoms with Crippen LogP contribution in [-0.2, 0) is 21.9 Å². The molecule has 0 spiro atoms. The van der Waals surface area contributed by atoms with Crippen LogP contribution in [0.2, 0.25) is 0 Å². The molecule has 7 nitrogen and oxygen atoms in total. The first-order valence-electron chi connectivity index (χ1n) is 4.02. The highest BCUT2D eigenvalue weighted by Gasteiger charge is 2.25. The van der Waals surface area contributed by atoms with Gasteiger partial charge in [0.2, 0.25) is 0 Å². The molecule has 1 N–H and O–H groups in total. The highest BCUT2D eigenvalue weighted by molar-refractivity contribution is 7.89. The molecular weight excluding hydrogens is 222 g/mol. The number of hydrogen-bond donors (Lipinski definition) is 1. The Balaban J connectivity index is 3.04. The van der Waals surface area contributed by atoms with Crippen molar-refractivity contribution >= 4 is 16.0 Å². The Kier molecular flexibility index (Phi) is 3.10. The predicted molar refractivity (Wildman–Crippen MR) is 50.7 cm³/mol. The van der Waals surface area contributed by atoms with Crippen LogP contribution in [0.4, 0.5) is 0 Å². The zero-order valence-corrected chi connectivity index (χ0v) is 9.10. The number of likely N-dealkylation sites (N-methyl/N-ethyl adjacent to an activating group) is 1. The van der Waals surface area contributed by atoms with E-state index in [-0.39, 0.29) is 5.03 Å². The van der Waals surface area contributed by atoms with Gasteiger partial charge in [-0.25, -0.2) is 8.42 Å². The smallest absolute Gasteiger partial charge is 0.318 e. The third kappa shape index (κ3) is 2.34. The Hall–Kier alpha value is -1.41. The standard InChI is InChI=1S/C7H11N3O4S/c1-9(5-7(11)12)15(13,14)6-3-4-8-10(6)2/h3-4H,5H2,1-2H3,(H,11,12). The van der Waals surface area contributed by atoms with Gasteiger partial charge in [-0.1, -0.05) is 0 Å². The van der Waals surface area contributed by atoms with E-state index in [0.717, 1.165) is 4.31 Å². The van der Waals surface area contributed by atoms with Crippen LogP contribution in [0.1, 0.15) is 0 Å². The molecule has 0 atom stereocenters. The highest BCUT2D eigenvalue weighted by Crippen LogP contribution is 2.11. The normalized spacial score (nSPS) is 11.9. The molecular formula is C7H11N3O4S. The number of nitrogens with zero attached hydrogens (tertiary/aromatic N) is 3. The van der Waals surface area contributed by atoms with Crippen molar-refractivity contribution in [3.8, 4) is 0 Å². The molecule has 0 aliphatic rings. The van der Waals surface area contributed by atoms with Crippen LogP contribution in [0.3, 0.4) is 0 Å². The number of carboxylic acid groups (broad SMARTS) is 1. The molecule has 0 aliphatic carbocycles. The van der Waals surface area contributed by atoms with E-state index in [0.29, 0.717) is 0 Å². The Labute approximate surface area is 87.0 Å². The van der Waals surface area contributed by atoms with Crippen LogP contribution in [0.25, 0.3) is 0 Å². The van der Waals surface area contributed by atoms with E-state index in [1.165, 1.54) is 31.0 Å². The zero-order valence-electron chi connectivity index (χ0n) is 8.28. The van der Waals surface area contributed by atoms with Crippen molar-refractivity contribution in [3.63, 3.8) is 0 Å². The Bertz CT molecular complexity index is 464. The number of sulfonamides is 1. The van der Waals surface area contributed by atoms with Gasteiger partial charge in [-0.15, -0.1) is 0 Å². The SMILES string of the molecule is CN(CC(=O)O)S(=O)(=O)c1ccnn1C. The van der Waals surface area contributed by atoms with Gasteiger partial charge in [0.1, 0.15) is 6.54 Å². The maximum Gasteiger partial charge on any atom is 0.318 e. The Morgan fingerprint density at radius 3 is 2.67 bits per heavy atom. The molecule has 15 heavy (non-hydrogen) atoms. The lowest BCUT2D eigenvalue weighted by atomic mass is 10.7. The number of carbonyl (C=O) groups is 1. The molecule has 8 heteroatoms. The molecule has 1 heterocycles. The molecule has 0 saturated heterocycles. The number of aliphatic carboxylic acids is 1. The molecule has 0 aliphatic heterocycles. The topological polar surface area (TPSA) is 92.5 Å². The van der Waals surface area contributed by atoms with Crippen LogP contribution in [-0.4, -0.2) is 47.2 Å². The van der Waals surface area contributed by atoms with Gasteiger partial charge >= 0.3 is 5.97 Å². The summed E-state index contributed by atoms with van der Waals surface area (Å²) < 4.78 is 25.4. The van der Waals surface area contributed by atoms with Gasteiger partial charge < -0.3 is 5.11 Å². The Morgan fingerprint density at radius 2 is 2.27 bits per heavy atom. The minimum absolute atomic E-state index is 0.0359. The average Bonchev–Trinajstić information content (AvgIpc) is 2.50. The summed E-state index contributed by atoms with van der Waals surface area (Å²) in [5, 5.41) is 12.2. The lowest BCUT2D eigenvalue weighted by Crippen LogP contribution is -2.33. The van der Waals surface area contributed by atoms with E-state index < -0.39 is 22.5 Å².